The second-order valence-electron chi connectivity index (χ2n) is 9.44. The maximum atomic E-state index is 13.3. The Morgan fingerprint density at radius 1 is 1.08 bits per heavy atom. The summed E-state index contributed by atoms with van der Waals surface area (Å²) in [4.78, 5) is 25.0. The lowest BCUT2D eigenvalue weighted by Gasteiger charge is -2.64. The summed E-state index contributed by atoms with van der Waals surface area (Å²) in [5, 5.41) is 3.11. The fourth-order valence-corrected chi connectivity index (χ4v) is 6.81. The maximum Gasteiger partial charge on any atom is 0.337 e. The van der Waals surface area contributed by atoms with Gasteiger partial charge in [0.05, 0.1) is 18.1 Å². The first-order valence-electron chi connectivity index (χ1n) is 9.25. The Balaban J connectivity index is 1.58. The topological polar surface area (TPSA) is 55.4 Å². The Labute approximate surface area is 149 Å². The summed E-state index contributed by atoms with van der Waals surface area (Å²) in [5.41, 5.74) is 1.51. The van der Waals surface area contributed by atoms with Crippen LogP contribution in [0.5, 0.6) is 0 Å². The van der Waals surface area contributed by atoms with E-state index in [2.05, 4.69) is 19.2 Å². The van der Waals surface area contributed by atoms with E-state index in [-0.39, 0.29) is 17.3 Å². The molecule has 4 bridgehead atoms. The predicted octanol–water partition coefficient (Wildman–Crippen LogP) is 4.41. The van der Waals surface area contributed by atoms with E-state index in [1.54, 1.807) is 18.2 Å². The van der Waals surface area contributed by atoms with Gasteiger partial charge in [0, 0.05) is 5.69 Å². The molecule has 4 aliphatic rings. The quantitative estimate of drug-likeness (QED) is 0.829. The van der Waals surface area contributed by atoms with Gasteiger partial charge in [-0.15, -0.1) is 0 Å². The van der Waals surface area contributed by atoms with Crippen LogP contribution in [0.1, 0.15) is 62.7 Å². The molecule has 1 aromatic carbocycles. The van der Waals surface area contributed by atoms with Gasteiger partial charge in [-0.1, -0.05) is 19.9 Å². The highest BCUT2D eigenvalue weighted by molar-refractivity contribution is 5.97. The highest BCUT2D eigenvalue weighted by atomic mass is 16.5. The van der Waals surface area contributed by atoms with Crippen LogP contribution in [0.15, 0.2) is 24.3 Å². The number of nitrogens with one attached hydrogen (secondary N) is 1. The van der Waals surface area contributed by atoms with E-state index < -0.39 is 0 Å². The fraction of sp³-hybridized carbons (Fsp3) is 0.619. The Morgan fingerprint density at radius 3 is 2.36 bits per heavy atom. The van der Waals surface area contributed by atoms with Gasteiger partial charge >= 0.3 is 5.97 Å². The van der Waals surface area contributed by atoms with Gasteiger partial charge in [0.1, 0.15) is 0 Å². The van der Waals surface area contributed by atoms with Crippen molar-refractivity contribution < 1.29 is 14.3 Å². The third kappa shape index (κ3) is 2.76. The molecular weight excluding hydrogens is 314 g/mol. The van der Waals surface area contributed by atoms with Crippen molar-refractivity contribution in [3.8, 4) is 0 Å². The number of benzene rings is 1. The minimum atomic E-state index is -0.383. The molecule has 0 heterocycles. The van der Waals surface area contributed by atoms with Crippen LogP contribution in [0, 0.1) is 22.2 Å². The van der Waals surface area contributed by atoms with Crippen molar-refractivity contribution in [2.24, 2.45) is 22.2 Å². The number of amides is 1. The molecule has 25 heavy (non-hydrogen) atoms. The van der Waals surface area contributed by atoms with Gasteiger partial charge in [0.25, 0.3) is 0 Å². The van der Waals surface area contributed by atoms with Crippen molar-refractivity contribution >= 4 is 17.6 Å². The lowest BCUT2D eigenvalue weighted by molar-refractivity contribution is -0.165. The van der Waals surface area contributed by atoms with E-state index >= 15 is 0 Å². The van der Waals surface area contributed by atoms with Crippen molar-refractivity contribution in [2.45, 2.75) is 52.4 Å². The van der Waals surface area contributed by atoms with Gasteiger partial charge in [0.15, 0.2) is 0 Å². The van der Waals surface area contributed by atoms with Gasteiger partial charge in [0.2, 0.25) is 5.91 Å². The number of anilines is 1. The summed E-state index contributed by atoms with van der Waals surface area (Å²) in [6.45, 7) is 4.74. The van der Waals surface area contributed by atoms with Crippen molar-refractivity contribution in [1.29, 1.82) is 0 Å². The largest absolute Gasteiger partial charge is 0.465 e. The Kier molecular flexibility index (Phi) is 3.54. The summed E-state index contributed by atoms with van der Waals surface area (Å²) < 4.78 is 4.77. The molecule has 1 aromatic rings. The van der Waals surface area contributed by atoms with E-state index in [0.29, 0.717) is 28.0 Å². The maximum absolute atomic E-state index is 13.3. The predicted molar refractivity (Wildman–Crippen MR) is 96.3 cm³/mol. The highest BCUT2D eigenvalue weighted by Crippen LogP contribution is 2.69. The van der Waals surface area contributed by atoms with Crippen molar-refractivity contribution in [1.82, 2.24) is 0 Å². The SMILES string of the molecule is COC(=O)c1cccc(NC(=O)C23CC4CC(C)(CC(C)(C4)C2)C3)c1. The molecule has 1 N–H and O–H groups in total. The molecule has 2 unspecified atom stereocenters. The molecule has 2 atom stereocenters. The minimum Gasteiger partial charge on any atom is -0.465 e. The molecule has 1 amide bonds. The molecule has 134 valence electrons. The molecule has 4 heteroatoms. The van der Waals surface area contributed by atoms with Gasteiger partial charge in [-0.2, -0.15) is 0 Å². The first-order chi connectivity index (χ1) is 11.7. The number of methoxy groups -OCH3 is 1. The van der Waals surface area contributed by atoms with Crippen LogP contribution in [0.25, 0.3) is 0 Å². The smallest absolute Gasteiger partial charge is 0.337 e. The van der Waals surface area contributed by atoms with E-state index in [4.69, 9.17) is 4.74 Å². The summed E-state index contributed by atoms with van der Waals surface area (Å²) in [6, 6.07) is 7.03. The lowest BCUT2D eigenvalue weighted by atomic mass is 9.40. The number of carbonyl (C=O) groups is 2. The average molecular weight is 341 g/mol. The number of rotatable bonds is 3. The Hall–Kier alpha value is -1.84. The van der Waals surface area contributed by atoms with Gasteiger partial charge in [-0.3, -0.25) is 4.79 Å². The lowest BCUT2D eigenvalue weighted by Crippen LogP contribution is -2.58. The molecule has 0 spiro atoms. The molecule has 0 aromatic heterocycles. The van der Waals surface area contributed by atoms with Crippen molar-refractivity contribution in [3.05, 3.63) is 29.8 Å². The third-order valence-electron chi connectivity index (χ3n) is 6.65. The molecule has 0 aliphatic heterocycles. The number of esters is 1. The van der Waals surface area contributed by atoms with Crippen LogP contribution >= 0.6 is 0 Å². The first-order valence-corrected chi connectivity index (χ1v) is 9.25. The molecule has 4 aliphatic carbocycles. The van der Waals surface area contributed by atoms with E-state index in [1.165, 1.54) is 26.4 Å². The summed E-state index contributed by atoms with van der Waals surface area (Å²) >= 11 is 0. The Bertz CT molecular complexity index is 722. The van der Waals surface area contributed by atoms with Crippen molar-refractivity contribution in [2.75, 3.05) is 12.4 Å². The zero-order chi connectivity index (χ0) is 17.9. The van der Waals surface area contributed by atoms with Gasteiger partial charge in [-0.25, -0.2) is 4.79 Å². The zero-order valence-electron chi connectivity index (χ0n) is 15.4. The molecular formula is C21H27NO3. The van der Waals surface area contributed by atoms with Crippen LogP contribution in [-0.2, 0) is 9.53 Å². The van der Waals surface area contributed by atoms with E-state index in [1.807, 2.05) is 6.07 Å². The number of hydrogen-bond donors (Lipinski definition) is 1. The molecule has 4 fully saturated rings. The molecule has 4 nitrogen and oxygen atoms in total. The van der Waals surface area contributed by atoms with Crippen molar-refractivity contribution in [3.63, 3.8) is 0 Å². The number of hydrogen-bond acceptors (Lipinski definition) is 3. The van der Waals surface area contributed by atoms with Crippen LogP contribution in [0.4, 0.5) is 5.69 Å². The zero-order valence-corrected chi connectivity index (χ0v) is 15.4. The standard InChI is InChI=1S/C21H27NO3/c1-19-8-14-9-20(2,11-19)13-21(10-14,12-19)18(24)22-16-6-4-5-15(7-16)17(23)25-3/h4-7,14H,8-13H2,1-3H3,(H,22,24). The number of carbonyl (C=O) groups excluding carboxylic acids is 2. The second-order valence-corrected chi connectivity index (χ2v) is 9.44. The summed E-state index contributed by atoms with van der Waals surface area (Å²) in [7, 11) is 1.37. The summed E-state index contributed by atoms with van der Waals surface area (Å²) in [6.07, 6.45) is 6.80. The summed E-state index contributed by atoms with van der Waals surface area (Å²) in [5.74, 6) is 0.431. The van der Waals surface area contributed by atoms with Crippen LogP contribution in [-0.4, -0.2) is 19.0 Å². The first kappa shape index (κ1) is 16.6. The molecule has 0 radical (unpaired) electrons. The van der Waals surface area contributed by atoms with Crippen LogP contribution < -0.4 is 5.32 Å². The molecule has 5 rings (SSSR count). The normalized spacial score (nSPS) is 38.4. The molecule has 4 saturated carbocycles. The average Bonchev–Trinajstić information content (AvgIpc) is 2.51. The highest BCUT2D eigenvalue weighted by Gasteiger charge is 2.62. The van der Waals surface area contributed by atoms with Gasteiger partial charge in [-0.05, 0) is 73.5 Å². The Morgan fingerprint density at radius 2 is 1.76 bits per heavy atom. The second kappa shape index (κ2) is 5.33. The van der Waals surface area contributed by atoms with Gasteiger partial charge < -0.3 is 10.1 Å². The van der Waals surface area contributed by atoms with Crippen LogP contribution in [0.2, 0.25) is 0 Å². The van der Waals surface area contributed by atoms with E-state index in [0.717, 1.165) is 19.3 Å². The third-order valence-corrected chi connectivity index (χ3v) is 6.65. The van der Waals surface area contributed by atoms with E-state index in [9.17, 15) is 9.59 Å². The molecule has 0 saturated heterocycles. The fourth-order valence-electron chi connectivity index (χ4n) is 6.81. The monoisotopic (exact) mass is 341 g/mol. The minimum absolute atomic E-state index is 0.135. The number of ether oxygens (including phenoxy) is 1. The van der Waals surface area contributed by atoms with Crippen LogP contribution in [0.3, 0.4) is 0 Å².